The summed E-state index contributed by atoms with van der Waals surface area (Å²) >= 11 is 0. The lowest BCUT2D eigenvalue weighted by molar-refractivity contribution is -0.0571. The Kier molecular flexibility index (Phi) is 4.06. The molecular formula is C14H25F2N. The smallest absolute Gasteiger partial charge is 0.248 e. The van der Waals surface area contributed by atoms with Crippen LogP contribution >= 0.6 is 0 Å². The Bertz CT molecular complexity index is 255. The Morgan fingerprint density at radius 1 is 1.24 bits per heavy atom. The summed E-state index contributed by atoms with van der Waals surface area (Å²) in [6.07, 6.45) is 6.22. The van der Waals surface area contributed by atoms with E-state index in [2.05, 4.69) is 6.92 Å². The van der Waals surface area contributed by atoms with Crippen LogP contribution < -0.4 is 5.73 Å². The van der Waals surface area contributed by atoms with Crippen molar-refractivity contribution in [1.29, 1.82) is 0 Å². The van der Waals surface area contributed by atoms with Crippen LogP contribution in [0.2, 0.25) is 0 Å². The van der Waals surface area contributed by atoms with Crippen molar-refractivity contribution in [2.24, 2.45) is 23.5 Å². The number of halogens is 2. The molecule has 0 bridgehead atoms. The van der Waals surface area contributed by atoms with Crippen molar-refractivity contribution in [2.75, 3.05) is 0 Å². The van der Waals surface area contributed by atoms with Crippen LogP contribution in [-0.2, 0) is 0 Å². The van der Waals surface area contributed by atoms with Crippen LogP contribution in [0.4, 0.5) is 8.78 Å². The first-order valence-electron chi connectivity index (χ1n) is 7.10. The van der Waals surface area contributed by atoms with Crippen LogP contribution in [0.1, 0.15) is 58.3 Å². The van der Waals surface area contributed by atoms with E-state index in [4.69, 9.17) is 5.73 Å². The summed E-state index contributed by atoms with van der Waals surface area (Å²) in [6.45, 7) is 2.26. The van der Waals surface area contributed by atoms with Crippen molar-refractivity contribution in [3.63, 3.8) is 0 Å². The van der Waals surface area contributed by atoms with Crippen molar-refractivity contribution < 1.29 is 8.78 Å². The van der Waals surface area contributed by atoms with E-state index in [0.29, 0.717) is 12.3 Å². The maximum atomic E-state index is 13.4. The zero-order valence-electron chi connectivity index (χ0n) is 10.8. The standard InChI is InChI=1S/C14H25F2N/c1-10-4-5-13(17)12(7-10)8-11-3-2-6-14(15,16)9-11/h10-13H,2-9,17H2,1H3. The van der Waals surface area contributed by atoms with Crippen molar-refractivity contribution in [2.45, 2.75) is 70.3 Å². The summed E-state index contributed by atoms with van der Waals surface area (Å²) in [7, 11) is 0. The zero-order valence-corrected chi connectivity index (χ0v) is 10.8. The molecule has 3 heteroatoms. The van der Waals surface area contributed by atoms with Gasteiger partial charge < -0.3 is 5.73 Å². The molecule has 2 N–H and O–H groups in total. The van der Waals surface area contributed by atoms with Gasteiger partial charge in [-0.15, -0.1) is 0 Å². The van der Waals surface area contributed by atoms with Gasteiger partial charge in [-0.3, -0.25) is 0 Å². The average Bonchev–Trinajstić information content (AvgIpc) is 2.22. The highest BCUT2D eigenvalue weighted by Gasteiger charge is 2.38. The van der Waals surface area contributed by atoms with Gasteiger partial charge in [0.15, 0.2) is 0 Å². The van der Waals surface area contributed by atoms with E-state index in [-0.39, 0.29) is 24.8 Å². The van der Waals surface area contributed by atoms with E-state index in [1.54, 1.807) is 0 Å². The lowest BCUT2D eigenvalue weighted by atomic mass is 9.72. The molecule has 17 heavy (non-hydrogen) atoms. The number of alkyl halides is 2. The van der Waals surface area contributed by atoms with Gasteiger partial charge in [0.2, 0.25) is 5.92 Å². The quantitative estimate of drug-likeness (QED) is 0.782. The molecule has 0 aromatic carbocycles. The van der Waals surface area contributed by atoms with Gasteiger partial charge in [0.25, 0.3) is 0 Å². The molecule has 0 aromatic rings. The fourth-order valence-corrected chi connectivity index (χ4v) is 3.70. The Labute approximate surface area is 103 Å². The molecular weight excluding hydrogens is 220 g/mol. The average molecular weight is 245 g/mol. The van der Waals surface area contributed by atoms with Crippen LogP contribution in [-0.4, -0.2) is 12.0 Å². The first-order valence-corrected chi connectivity index (χ1v) is 7.10. The number of rotatable bonds is 2. The highest BCUT2D eigenvalue weighted by Crippen LogP contribution is 2.41. The molecule has 2 rings (SSSR count). The van der Waals surface area contributed by atoms with Crippen LogP contribution in [0.3, 0.4) is 0 Å². The molecule has 2 saturated carbocycles. The predicted molar refractivity (Wildman–Crippen MR) is 66.0 cm³/mol. The van der Waals surface area contributed by atoms with Crippen molar-refractivity contribution in [3.8, 4) is 0 Å². The summed E-state index contributed by atoms with van der Waals surface area (Å²) in [5.41, 5.74) is 6.14. The predicted octanol–water partition coefficient (Wildman–Crippen LogP) is 3.97. The maximum Gasteiger partial charge on any atom is 0.248 e. The van der Waals surface area contributed by atoms with Gasteiger partial charge in [-0.1, -0.05) is 13.3 Å². The molecule has 1 nitrogen and oxygen atoms in total. The fraction of sp³-hybridized carbons (Fsp3) is 1.00. The highest BCUT2D eigenvalue weighted by atomic mass is 19.3. The Morgan fingerprint density at radius 2 is 2.00 bits per heavy atom. The van der Waals surface area contributed by atoms with Gasteiger partial charge in [0, 0.05) is 18.9 Å². The van der Waals surface area contributed by atoms with Crippen LogP contribution in [0.25, 0.3) is 0 Å². The molecule has 2 fully saturated rings. The minimum Gasteiger partial charge on any atom is -0.327 e. The molecule has 4 unspecified atom stereocenters. The van der Waals surface area contributed by atoms with Gasteiger partial charge in [-0.25, -0.2) is 8.78 Å². The van der Waals surface area contributed by atoms with Crippen molar-refractivity contribution in [3.05, 3.63) is 0 Å². The molecule has 100 valence electrons. The van der Waals surface area contributed by atoms with Crippen molar-refractivity contribution in [1.82, 2.24) is 0 Å². The molecule has 0 radical (unpaired) electrons. The molecule has 0 amide bonds. The summed E-state index contributed by atoms with van der Waals surface area (Å²) < 4.78 is 26.7. The van der Waals surface area contributed by atoms with Gasteiger partial charge >= 0.3 is 0 Å². The van der Waals surface area contributed by atoms with Gasteiger partial charge in [-0.05, 0) is 49.9 Å². The zero-order chi connectivity index (χ0) is 12.5. The van der Waals surface area contributed by atoms with E-state index >= 15 is 0 Å². The molecule has 0 spiro atoms. The molecule has 0 heterocycles. The first kappa shape index (κ1) is 13.3. The summed E-state index contributed by atoms with van der Waals surface area (Å²) in [6, 6.07) is 0.252. The second kappa shape index (κ2) is 5.21. The largest absolute Gasteiger partial charge is 0.327 e. The number of nitrogens with two attached hydrogens (primary N) is 1. The van der Waals surface area contributed by atoms with Gasteiger partial charge in [-0.2, -0.15) is 0 Å². The second-order valence-electron chi connectivity index (χ2n) is 6.40. The maximum absolute atomic E-state index is 13.4. The third-order valence-corrected chi connectivity index (χ3v) is 4.68. The summed E-state index contributed by atoms with van der Waals surface area (Å²) in [5.74, 6) is -0.991. The van der Waals surface area contributed by atoms with Crippen LogP contribution in [0, 0.1) is 17.8 Å². The lowest BCUT2D eigenvalue weighted by Gasteiger charge is -2.37. The van der Waals surface area contributed by atoms with E-state index in [9.17, 15) is 8.78 Å². The second-order valence-corrected chi connectivity index (χ2v) is 6.40. The van der Waals surface area contributed by atoms with Crippen LogP contribution in [0.5, 0.6) is 0 Å². The molecule has 2 aliphatic rings. The first-order chi connectivity index (χ1) is 7.96. The third kappa shape index (κ3) is 3.64. The van der Waals surface area contributed by atoms with Gasteiger partial charge in [0.05, 0.1) is 0 Å². The Hall–Kier alpha value is -0.180. The van der Waals surface area contributed by atoms with E-state index < -0.39 is 5.92 Å². The molecule has 0 aliphatic heterocycles. The third-order valence-electron chi connectivity index (χ3n) is 4.68. The Balaban J connectivity index is 1.87. The monoisotopic (exact) mass is 245 g/mol. The van der Waals surface area contributed by atoms with E-state index in [1.807, 2.05) is 0 Å². The molecule has 4 atom stereocenters. The Morgan fingerprint density at radius 3 is 2.71 bits per heavy atom. The molecule has 2 aliphatic carbocycles. The minimum absolute atomic E-state index is 0.0939. The van der Waals surface area contributed by atoms with Crippen LogP contribution in [0.15, 0.2) is 0 Å². The van der Waals surface area contributed by atoms with E-state index in [1.165, 1.54) is 6.42 Å². The summed E-state index contributed by atoms with van der Waals surface area (Å²) in [5, 5.41) is 0. The summed E-state index contributed by atoms with van der Waals surface area (Å²) in [4.78, 5) is 0. The fourth-order valence-electron chi connectivity index (χ4n) is 3.70. The topological polar surface area (TPSA) is 26.0 Å². The van der Waals surface area contributed by atoms with Crippen molar-refractivity contribution >= 4 is 0 Å². The number of hydrogen-bond acceptors (Lipinski definition) is 1. The lowest BCUT2D eigenvalue weighted by Crippen LogP contribution is -2.38. The molecule has 0 aromatic heterocycles. The SMILES string of the molecule is CC1CCC(N)C(CC2CCCC(F)(F)C2)C1. The van der Waals surface area contributed by atoms with Gasteiger partial charge in [0.1, 0.15) is 0 Å². The minimum atomic E-state index is -2.41. The normalized spacial score (nSPS) is 42.4. The number of hydrogen-bond donors (Lipinski definition) is 1. The molecule has 0 saturated heterocycles. The van der Waals surface area contributed by atoms with E-state index in [0.717, 1.165) is 31.6 Å². The highest BCUT2D eigenvalue weighted by molar-refractivity contribution is 4.86.